The highest BCUT2D eigenvalue weighted by molar-refractivity contribution is 7.89. The van der Waals surface area contributed by atoms with Crippen molar-refractivity contribution in [3.05, 3.63) is 41.9 Å². The molecule has 2 aromatic heterocycles. The zero-order chi connectivity index (χ0) is 24.3. The predicted molar refractivity (Wildman–Crippen MR) is 131 cm³/mol. The van der Waals surface area contributed by atoms with Gasteiger partial charge >= 0.3 is 0 Å². The zero-order valence-corrected chi connectivity index (χ0v) is 20.1. The summed E-state index contributed by atoms with van der Waals surface area (Å²) in [6, 6.07) is 3.83. The topological polar surface area (TPSA) is 146 Å². The van der Waals surface area contributed by atoms with Crippen LogP contribution in [0.5, 0.6) is 0 Å². The van der Waals surface area contributed by atoms with Crippen molar-refractivity contribution < 1.29 is 18.3 Å². The fourth-order valence-electron chi connectivity index (χ4n) is 4.61. The molecular formula is C23H32N6O4S. The minimum absolute atomic E-state index is 0.0900. The van der Waals surface area contributed by atoms with E-state index in [1.54, 1.807) is 23.5 Å². The summed E-state index contributed by atoms with van der Waals surface area (Å²) in [4.78, 5) is 15.5. The Bertz CT molecular complexity index is 1260. The normalized spacial score (nSPS) is 15.8. The van der Waals surface area contributed by atoms with Crippen molar-refractivity contribution in [2.45, 2.75) is 32.2 Å². The number of hydrogen-bond donors (Lipinski definition) is 4. The van der Waals surface area contributed by atoms with Gasteiger partial charge in [-0.05, 0) is 48.9 Å². The summed E-state index contributed by atoms with van der Waals surface area (Å²) < 4.78 is 27.8. The second-order valence-corrected chi connectivity index (χ2v) is 10.9. The number of rotatable bonds is 10. The number of nitrogens with zero attached hydrogens (tertiary/aromatic N) is 3. The minimum Gasteiger partial charge on any atom is -0.395 e. The van der Waals surface area contributed by atoms with E-state index in [9.17, 15) is 13.2 Å². The van der Waals surface area contributed by atoms with Crippen molar-refractivity contribution in [1.82, 2.24) is 24.4 Å². The lowest BCUT2D eigenvalue weighted by Crippen LogP contribution is -2.38. The van der Waals surface area contributed by atoms with Crippen molar-refractivity contribution in [1.29, 1.82) is 0 Å². The number of H-pyrrole nitrogens is 1. The SMILES string of the molecule is CCS(=O)(=O)N1CCC(c2c[nH]c3c(C(N)=O)cc(-c4cnn(CCNCCO)c4)cc23)CC1. The van der Waals surface area contributed by atoms with E-state index in [0.717, 1.165) is 34.9 Å². The van der Waals surface area contributed by atoms with Crippen LogP contribution < -0.4 is 11.1 Å². The molecular weight excluding hydrogens is 456 g/mol. The molecule has 184 valence electrons. The van der Waals surface area contributed by atoms with E-state index in [1.807, 2.05) is 23.1 Å². The van der Waals surface area contributed by atoms with Gasteiger partial charge in [0.15, 0.2) is 0 Å². The number of fused-ring (bicyclic) bond motifs is 1. The molecule has 11 heteroatoms. The molecule has 1 amide bonds. The average molecular weight is 489 g/mol. The fraction of sp³-hybridized carbons (Fsp3) is 0.478. The van der Waals surface area contributed by atoms with E-state index in [0.29, 0.717) is 43.8 Å². The molecule has 0 atom stereocenters. The highest BCUT2D eigenvalue weighted by atomic mass is 32.2. The molecule has 1 saturated heterocycles. The lowest BCUT2D eigenvalue weighted by Gasteiger charge is -2.31. The standard InChI is InChI=1S/C23H32N6O4S/c1-2-34(32,33)29-7-3-16(4-8-29)21-14-26-22-19(21)11-17(12-20(22)23(24)31)18-13-27-28(15-18)9-5-25-6-10-30/h11-16,25-26,30H,2-10H2,1H3,(H2,24,31). The molecule has 0 saturated carbocycles. The molecule has 1 fully saturated rings. The molecule has 4 rings (SSSR count). The second-order valence-electron chi connectivity index (χ2n) is 8.59. The molecule has 0 radical (unpaired) electrons. The average Bonchev–Trinajstić information content (AvgIpc) is 3.48. The first-order valence-corrected chi connectivity index (χ1v) is 13.2. The maximum Gasteiger partial charge on any atom is 0.250 e. The van der Waals surface area contributed by atoms with Gasteiger partial charge in [-0.25, -0.2) is 12.7 Å². The van der Waals surface area contributed by atoms with Crippen molar-refractivity contribution in [2.75, 3.05) is 38.5 Å². The summed E-state index contributed by atoms with van der Waals surface area (Å²) in [5.74, 6) is -0.209. The van der Waals surface area contributed by atoms with Crippen LogP contribution in [0.2, 0.25) is 0 Å². The number of primary amides is 1. The van der Waals surface area contributed by atoms with E-state index >= 15 is 0 Å². The van der Waals surface area contributed by atoms with Crippen LogP contribution >= 0.6 is 0 Å². The first kappa shape index (κ1) is 24.4. The fourth-order valence-corrected chi connectivity index (χ4v) is 5.74. The maximum atomic E-state index is 12.3. The number of aliphatic hydroxyl groups is 1. The van der Waals surface area contributed by atoms with Crippen molar-refractivity contribution in [3.8, 4) is 11.1 Å². The van der Waals surface area contributed by atoms with Crippen LogP contribution in [0.1, 0.15) is 41.6 Å². The van der Waals surface area contributed by atoms with Gasteiger partial charge in [-0.1, -0.05) is 0 Å². The number of aliphatic hydroxyl groups excluding tert-OH is 1. The van der Waals surface area contributed by atoms with Gasteiger partial charge in [-0.3, -0.25) is 9.48 Å². The second kappa shape index (κ2) is 10.3. The third kappa shape index (κ3) is 5.02. The summed E-state index contributed by atoms with van der Waals surface area (Å²) in [5, 5.41) is 17.3. The molecule has 10 nitrogen and oxygen atoms in total. The molecule has 34 heavy (non-hydrogen) atoms. The van der Waals surface area contributed by atoms with Crippen molar-refractivity contribution >= 4 is 26.8 Å². The van der Waals surface area contributed by atoms with Crippen LogP contribution in [0, 0.1) is 0 Å². The third-order valence-electron chi connectivity index (χ3n) is 6.51. The van der Waals surface area contributed by atoms with Crippen LogP contribution in [-0.2, 0) is 16.6 Å². The number of nitrogens with two attached hydrogens (primary N) is 1. The number of benzene rings is 1. The minimum atomic E-state index is -3.19. The zero-order valence-electron chi connectivity index (χ0n) is 19.3. The molecule has 0 bridgehead atoms. The number of aromatic nitrogens is 3. The maximum absolute atomic E-state index is 12.3. The van der Waals surface area contributed by atoms with Crippen LogP contribution in [0.25, 0.3) is 22.0 Å². The van der Waals surface area contributed by atoms with Crippen LogP contribution in [0.15, 0.2) is 30.7 Å². The number of carbonyl (C=O) groups excluding carboxylic acids is 1. The Labute approximate surface area is 199 Å². The largest absolute Gasteiger partial charge is 0.395 e. The smallest absolute Gasteiger partial charge is 0.250 e. The Morgan fingerprint density at radius 3 is 2.71 bits per heavy atom. The van der Waals surface area contributed by atoms with Gasteiger partial charge in [-0.15, -0.1) is 0 Å². The highest BCUT2D eigenvalue weighted by Crippen LogP contribution is 2.37. The van der Waals surface area contributed by atoms with Crippen LogP contribution in [0.3, 0.4) is 0 Å². The number of carbonyl (C=O) groups is 1. The molecule has 1 aromatic carbocycles. The first-order valence-electron chi connectivity index (χ1n) is 11.6. The summed E-state index contributed by atoms with van der Waals surface area (Å²) in [7, 11) is -3.19. The number of nitrogens with one attached hydrogen (secondary N) is 2. The molecule has 3 heterocycles. The number of piperidine rings is 1. The van der Waals surface area contributed by atoms with Gasteiger partial charge in [0, 0.05) is 49.5 Å². The summed E-state index contributed by atoms with van der Waals surface area (Å²) in [6.07, 6.45) is 7.05. The van der Waals surface area contributed by atoms with E-state index < -0.39 is 15.9 Å². The van der Waals surface area contributed by atoms with Crippen LogP contribution in [-0.4, -0.2) is 77.0 Å². The Morgan fingerprint density at radius 1 is 1.26 bits per heavy atom. The van der Waals surface area contributed by atoms with E-state index in [2.05, 4.69) is 15.4 Å². The van der Waals surface area contributed by atoms with Gasteiger partial charge in [0.2, 0.25) is 10.0 Å². The van der Waals surface area contributed by atoms with E-state index in [-0.39, 0.29) is 18.3 Å². The number of amides is 1. The Hall–Kier alpha value is -2.73. The van der Waals surface area contributed by atoms with Gasteiger partial charge in [0.1, 0.15) is 0 Å². The predicted octanol–water partition coefficient (Wildman–Crippen LogP) is 1.24. The lowest BCUT2D eigenvalue weighted by atomic mass is 9.88. The molecule has 0 spiro atoms. The molecule has 5 N–H and O–H groups in total. The molecule has 3 aromatic rings. The summed E-state index contributed by atoms with van der Waals surface area (Å²) in [6.45, 7) is 4.61. The van der Waals surface area contributed by atoms with Gasteiger partial charge in [-0.2, -0.15) is 5.10 Å². The number of aromatic amines is 1. The summed E-state index contributed by atoms with van der Waals surface area (Å²) in [5.41, 5.74) is 9.64. The first-order chi connectivity index (χ1) is 16.3. The lowest BCUT2D eigenvalue weighted by molar-refractivity contribution is 0.100. The van der Waals surface area contributed by atoms with Gasteiger partial charge < -0.3 is 21.1 Å². The van der Waals surface area contributed by atoms with Crippen LogP contribution in [0.4, 0.5) is 0 Å². The Balaban J connectivity index is 1.62. The van der Waals surface area contributed by atoms with Gasteiger partial charge in [0.05, 0.1) is 36.2 Å². The summed E-state index contributed by atoms with van der Waals surface area (Å²) >= 11 is 0. The molecule has 0 aliphatic carbocycles. The highest BCUT2D eigenvalue weighted by Gasteiger charge is 2.29. The quantitative estimate of drug-likeness (QED) is 0.316. The van der Waals surface area contributed by atoms with Crippen molar-refractivity contribution in [2.24, 2.45) is 5.73 Å². The number of sulfonamides is 1. The number of hydrogen-bond acceptors (Lipinski definition) is 6. The Kier molecular flexibility index (Phi) is 7.36. The van der Waals surface area contributed by atoms with Crippen molar-refractivity contribution in [3.63, 3.8) is 0 Å². The monoisotopic (exact) mass is 488 g/mol. The Morgan fingerprint density at radius 2 is 2.03 bits per heavy atom. The third-order valence-corrected chi connectivity index (χ3v) is 8.39. The van der Waals surface area contributed by atoms with E-state index in [1.165, 1.54) is 0 Å². The molecule has 1 aliphatic rings. The van der Waals surface area contributed by atoms with E-state index in [4.69, 9.17) is 10.8 Å². The molecule has 0 unspecified atom stereocenters. The molecule has 1 aliphatic heterocycles. The van der Waals surface area contributed by atoms with Gasteiger partial charge in [0.25, 0.3) is 5.91 Å².